The summed E-state index contributed by atoms with van der Waals surface area (Å²) in [7, 11) is 0. The normalized spacial score (nSPS) is 19.4. The molecule has 24 heavy (non-hydrogen) atoms. The third-order valence-corrected chi connectivity index (χ3v) is 5.49. The maximum Gasteiger partial charge on any atom is 0.254 e. The fraction of sp³-hybridized carbons (Fsp3) is 0.400. The first kappa shape index (κ1) is 15.3. The number of hydrogen-bond acceptors (Lipinski definition) is 3. The van der Waals surface area contributed by atoms with Crippen LogP contribution < -0.4 is 10.9 Å². The van der Waals surface area contributed by atoms with Crippen molar-refractivity contribution < 1.29 is 0 Å². The predicted molar refractivity (Wildman–Crippen MR) is 95.8 cm³/mol. The first-order chi connectivity index (χ1) is 11.8. The minimum absolute atomic E-state index is 0.0245. The molecule has 1 saturated carbocycles. The smallest absolute Gasteiger partial charge is 0.254 e. The molecule has 0 radical (unpaired) electrons. The molecule has 0 saturated heterocycles. The highest BCUT2D eigenvalue weighted by Gasteiger charge is 2.38. The summed E-state index contributed by atoms with van der Waals surface area (Å²) in [5.41, 5.74) is 3.42. The van der Waals surface area contributed by atoms with Crippen LogP contribution in [0.1, 0.15) is 25.7 Å². The molecule has 4 nitrogen and oxygen atoms in total. The van der Waals surface area contributed by atoms with Gasteiger partial charge in [0.1, 0.15) is 0 Å². The molecule has 1 N–H and O–H groups in total. The SMILES string of the molecule is O=c1cc(-c2ccccc2)ncn1CC1=CCNCC12CCCC2. The number of benzene rings is 1. The van der Waals surface area contributed by atoms with E-state index in [0.717, 1.165) is 24.3 Å². The van der Waals surface area contributed by atoms with E-state index < -0.39 is 0 Å². The Hall–Kier alpha value is -2.20. The summed E-state index contributed by atoms with van der Waals surface area (Å²) >= 11 is 0. The standard InChI is InChI=1S/C20H23N3O/c24-19-12-18(16-6-2-1-3-7-16)22-15-23(19)13-17-8-11-21-14-20(17)9-4-5-10-20/h1-3,6-8,12,15,21H,4-5,9-11,13-14H2. The van der Waals surface area contributed by atoms with Gasteiger partial charge in [0.2, 0.25) is 0 Å². The van der Waals surface area contributed by atoms with Crippen LogP contribution in [-0.2, 0) is 6.54 Å². The van der Waals surface area contributed by atoms with Gasteiger partial charge in [-0.3, -0.25) is 9.36 Å². The van der Waals surface area contributed by atoms with Crippen molar-refractivity contribution in [3.8, 4) is 11.3 Å². The van der Waals surface area contributed by atoms with Crippen LogP contribution in [0.4, 0.5) is 0 Å². The number of rotatable bonds is 3. The van der Waals surface area contributed by atoms with Gasteiger partial charge < -0.3 is 5.32 Å². The lowest BCUT2D eigenvalue weighted by atomic mass is 9.76. The molecule has 0 unspecified atom stereocenters. The Labute approximate surface area is 142 Å². The van der Waals surface area contributed by atoms with E-state index in [1.54, 1.807) is 17.0 Å². The van der Waals surface area contributed by atoms with Crippen LogP contribution >= 0.6 is 0 Å². The van der Waals surface area contributed by atoms with Crippen molar-refractivity contribution in [2.45, 2.75) is 32.2 Å². The van der Waals surface area contributed by atoms with Crippen molar-refractivity contribution in [3.63, 3.8) is 0 Å². The fourth-order valence-corrected chi connectivity index (χ4v) is 4.11. The molecule has 0 amide bonds. The van der Waals surface area contributed by atoms with Crippen molar-refractivity contribution in [1.82, 2.24) is 14.9 Å². The second-order valence-electron chi connectivity index (χ2n) is 6.95. The molecule has 2 heterocycles. The van der Waals surface area contributed by atoms with E-state index in [0.29, 0.717) is 6.54 Å². The number of aromatic nitrogens is 2. The van der Waals surface area contributed by atoms with Gasteiger partial charge in [-0.05, 0) is 18.4 Å². The molecule has 1 spiro atoms. The van der Waals surface area contributed by atoms with Gasteiger partial charge in [-0.1, -0.05) is 49.2 Å². The largest absolute Gasteiger partial charge is 0.312 e. The summed E-state index contributed by atoms with van der Waals surface area (Å²) in [6.45, 7) is 2.62. The molecule has 1 aromatic carbocycles. The third kappa shape index (κ3) is 2.82. The fourth-order valence-electron chi connectivity index (χ4n) is 4.11. The molecular weight excluding hydrogens is 298 g/mol. The molecular formula is C20H23N3O. The molecule has 1 aliphatic heterocycles. The average Bonchev–Trinajstić information content (AvgIpc) is 3.08. The molecule has 1 aromatic heterocycles. The summed E-state index contributed by atoms with van der Waals surface area (Å²) in [6, 6.07) is 11.5. The van der Waals surface area contributed by atoms with Crippen LogP contribution in [0.15, 0.2) is 59.2 Å². The van der Waals surface area contributed by atoms with Crippen molar-refractivity contribution in [2.75, 3.05) is 13.1 Å². The van der Waals surface area contributed by atoms with Gasteiger partial charge in [-0.2, -0.15) is 0 Å². The Kier molecular flexibility index (Phi) is 4.07. The lowest BCUT2D eigenvalue weighted by Crippen LogP contribution is -2.40. The highest BCUT2D eigenvalue weighted by Crippen LogP contribution is 2.45. The topological polar surface area (TPSA) is 46.9 Å². The number of nitrogens with one attached hydrogen (secondary N) is 1. The van der Waals surface area contributed by atoms with E-state index in [2.05, 4.69) is 16.4 Å². The van der Waals surface area contributed by atoms with Gasteiger partial charge in [-0.15, -0.1) is 0 Å². The number of hydrogen-bond donors (Lipinski definition) is 1. The Morgan fingerprint density at radius 1 is 1.17 bits per heavy atom. The highest BCUT2D eigenvalue weighted by atomic mass is 16.1. The van der Waals surface area contributed by atoms with Crippen LogP contribution in [0.25, 0.3) is 11.3 Å². The molecule has 4 heteroatoms. The summed E-state index contributed by atoms with van der Waals surface area (Å²) in [5.74, 6) is 0. The van der Waals surface area contributed by atoms with Gasteiger partial charge in [0, 0.05) is 36.7 Å². The second-order valence-corrected chi connectivity index (χ2v) is 6.95. The zero-order valence-corrected chi connectivity index (χ0v) is 13.9. The van der Waals surface area contributed by atoms with Gasteiger partial charge >= 0.3 is 0 Å². The van der Waals surface area contributed by atoms with Gasteiger partial charge in [0.25, 0.3) is 5.56 Å². The minimum atomic E-state index is 0.0245. The lowest BCUT2D eigenvalue weighted by Gasteiger charge is -2.36. The molecule has 0 atom stereocenters. The second kappa shape index (κ2) is 6.36. The summed E-state index contributed by atoms with van der Waals surface area (Å²) in [5, 5.41) is 3.50. The van der Waals surface area contributed by atoms with Crippen LogP contribution in [0, 0.1) is 5.41 Å². The zero-order chi connectivity index (χ0) is 16.4. The molecule has 4 rings (SSSR count). The van der Waals surface area contributed by atoms with Crippen molar-refractivity contribution in [1.29, 1.82) is 0 Å². The summed E-state index contributed by atoms with van der Waals surface area (Å²) in [6.07, 6.45) is 9.03. The maximum absolute atomic E-state index is 12.6. The predicted octanol–water partition coefficient (Wildman–Crippen LogP) is 3.00. The molecule has 1 fully saturated rings. The number of nitrogens with zero attached hydrogens (tertiary/aromatic N) is 2. The van der Waals surface area contributed by atoms with E-state index in [1.165, 1.54) is 31.3 Å². The molecule has 124 valence electrons. The lowest BCUT2D eigenvalue weighted by molar-refractivity contribution is 0.315. The summed E-state index contributed by atoms with van der Waals surface area (Å²) < 4.78 is 1.75. The van der Waals surface area contributed by atoms with Crippen molar-refractivity contribution in [3.05, 3.63) is 64.7 Å². The van der Waals surface area contributed by atoms with Crippen LogP contribution in [-0.4, -0.2) is 22.6 Å². The summed E-state index contributed by atoms with van der Waals surface area (Å²) in [4.78, 5) is 17.1. The third-order valence-electron chi connectivity index (χ3n) is 5.49. The van der Waals surface area contributed by atoms with Crippen LogP contribution in [0.5, 0.6) is 0 Å². The molecule has 2 aromatic rings. The quantitative estimate of drug-likeness (QED) is 0.884. The van der Waals surface area contributed by atoms with E-state index in [9.17, 15) is 4.79 Å². The molecule has 1 aliphatic carbocycles. The van der Waals surface area contributed by atoms with Crippen LogP contribution in [0.3, 0.4) is 0 Å². The first-order valence-corrected chi connectivity index (χ1v) is 8.79. The van der Waals surface area contributed by atoms with E-state index in [4.69, 9.17) is 0 Å². The Morgan fingerprint density at radius 3 is 2.71 bits per heavy atom. The van der Waals surface area contributed by atoms with Crippen LogP contribution in [0.2, 0.25) is 0 Å². The van der Waals surface area contributed by atoms with E-state index in [-0.39, 0.29) is 11.0 Å². The Morgan fingerprint density at radius 2 is 1.96 bits per heavy atom. The highest BCUT2D eigenvalue weighted by molar-refractivity contribution is 5.57. The van der Waals surface area contributed by atoms with Gasteiger partial charge in [0.15, 0.2) is 0 Å². The molecule has 0 bridgehead atoms. The van der Waals surface area contributed by atoms with E-state index >= 15 is 0 Å². The zero-order valence-electron chi connectivity index (χ0n) is 13.9. The van der Waals surface area contributed by atoms with E-state index in [1.807, 2.05) is 30.3 Å². The monoisotopic (exact) mass is 321 g/mol. The minimum Gasteiger partial charge on any atom is -0.312 e. The first-order valence-electron chi connectivity index (χ1n) is 8.79. The van der Waals surface area contributed by atoms with Crippen molar-refractivity contribution in [2.24, 2.45) is 5.41 Å². The van der Waals surface area contributed by atoms with Gasteiger partial charge in [-0.25, -0.2) is 4.98 Å². The maximum atomic E-state index is 12.6. The Balaban J connectivity index is 1.61. The van der Waals surface area contributed by atoms with Crippen molar-refractivity contribution >= 4 is 0 Å². The van der Waals surface area contributed by atoms with Gasteiger partial charge in [0.05, 0.1) is 12.0 Å². The molecule has 2 aliphatic rings. The Bertz CT molecular complexity index is 801. The average molecular weight is 321 g/mol.